The maximum Gasteiger partial charge on any atom is 0.268 e. The number of fused-ring (bicyclic) bond motifs is 1. The first-order valence-electron chi connectivity index (χ1n) is 12.9. The highest BCUT2D eigenvalue weighted by molar-refractivity contribution is 6.02. The molecule has 0 bridgehead atoms. The Kier molecular flexibility index (Phi) is 8.84. The van der Waals surface area contributed by atoms with Crippen molar-refractivity contribution >= 4 is 34.4 Å². The Morgan fingerprint density at radius 1 is 1.18 bits per heavy atom. The molecule has 0 aliphatic carbocycles. The number of hydrogen-bond acceptors (Lipinski definition) is 8. The minimum absolute atomic E-state index is 0.0640. The summed E-state index contributed by atoms with van der Waals surface area (Å²) >= 11 is 0. The average molecular weight is 540 g/mol. The number of benzene rings is 1. The first-order chi connectivity index (χ1) is 18.7. The molecule has 0 radical (unpaired) electrons. The van der Waals surface area contributed by atoms with Crippen LogP contribution in [-0.2, 0) is 14.4 Å². The fourth-order valence-electron chi connectivity index (χ4n) is 4.59. The molecule has 0 saturated carbocycles. The van der Waals surface area contributed by atoms with Gasteiger partial charge in [0.15, 0.2) is 12.4 Å². The quantitative estimate of drug-likeness (QED) is 0.256. The van der Waals surface area contributed by atoms with Crippen LogP contribution in [0, 0.1) is 11.8 Å². The van der Waals surface area contributed by atoms with Crippen molar-refractivity contribution < 1.29 is 33.2 Å². The van der Waals surface area contributed by atoms with Crippen molar-refractivity contribution in [3.05, 3.63) is 42.3 Å². The predicted molar refractivity (Wildman–Crippen MR) is 140 cm³/mol. The van der Waals surface area contributed by atoms with Crippen molar-refractivity contribution in [2.24, 2.45) is 11.8 Å². The van der Waals surface area contributed by atoms with E-state index in [1.807, 2.05) is 26.0 Å². The van der Waals surface area contributed by atoms with Gasteiger partial charge in [0.2, 0.25) is 11.8 Å². The number of hydrogen-bond donors (Lipinski definition) is 4. The topological polar surface area (TPSA) is 165 Å². The van der Waals surface area contributed by atoms with Gasteiger partial charge in [-0.05, 0) is 48.5 Å². The Balaban J connectivity index is 1.49. The number of carbonyl (C=O) groups is 4. The van der Waals surface area contributed by atoms with Gasteiger partial charge in [-0.25, -0.2) is 0 Å². The molecule has 208 valence electrons. The lowest BCUT2D eigenvalue weighted by Gasteiger charge is -2.25. The Bertz CT molecular complexity index is 1320. The molecular weight excluding hydrogens is 506 g/mol. The third-order valence-electron chi connectivity index (χ3n) is 6.58. The number of Topliss-reactive ketones (excluding diaryl/α,β-unsaturated/α-hetero) is 1. The van der Waals surface area contributed by atoms with Crippen LogP contribution in [0.4, 0.5) is 0 Å². The van der Waals surface area contributed by atoms with E-state index in [0.717, 1.165) is 10.9 Å². The van der Waals surface area contributed by atoms with Crippen LogP contribution in [0.3, 0.4) is 0 Å². The number of methoxy groups -OCH3 is 1. The molecule has 1 aliphatic rings. The number of ketones is 1. The minimum Gasteiger partial charge on any atom is -0.496 e. The second-order valence-electron chi connectivity index (χ2n) is 9.93. The summed E-state index contributed by atoms with van der Waals surface area (Å²) in [7, 11) is 1.55. The molecule has 3 aromatic rings. The third kappa shape index (κ3) is 6.95. The van der Waals surface area contributed by atoms with Crippen molar-refractivity contribution in [2.45, 2.75) is 45.2 Å². The van der Waals surface area contributed by atoms with Gasteiger partial charge in [-0.1, -0.05) is 19.9 Å². The second kappa shape index (κ2) is 12.5. The number of aromatic amines is 1. The normalized spacial score (nSPS) is 16.5. The van der Waals surface area contributed by atoms with E-state index < -0.39 is 35.6 Å². The van der Waals surface area contributed by atoms with E-state index in [4.69, 9.17) is 14.0 Å². The van der Waals surface area contributed by atoms with E-state index in [1.54, 1.807) is 19.2 Å². The van der Waals surface area contributed by atoms with Gasteiger partial charge in [0.25, 0.3) is 11.8 Å². The van der Waals surface area contributed by atoms with E-state index in [1.165, 1.54) is 12.3 Å². The molecule has 39 heavy (non-hydrogen) atoms. The molecule has 3 atom stereocenters. The van der Waals surface area contributed by atoms with Crippen LogP contribution >= 0.6 is 0 Å². The fraction of sp³-hybridized carbons (Fsp3) is 0.444. The van der Waals surface area contributed by atoms with Gasteiger partial charge in [0.05, 0.1) is 13.2 Å². The summed E-state index contributed by atoms with van der Waals surface area (Å²) in [4.78, 5) is 55.0. The number of ether oxygens (including phenoxy) is 2. The molecule has 4 rings (SSSR count). The summed E-state index contributed by atoms with van der Waals surface area (Å²) in [5.41, 5.74) is 0.990. The number of carbonyl (C=O) groups excluding carboxylic acids is 4. The first-order valence-corrected chi connectivity index (χ1v) is 12.9. The number of H-pyrrole nitrogens is 1. The van der Waals surface area contributed by atoms with Gasteiger partial charge >= 0.3 is 0 Å². The zero-order valence-electron chi connectivity index (χ0n) is 22.1. The van der Waals surface area contributed by atoms with Crippen LogP contribution in [0.1, 0.15) is 43.6 Å². The molecule has 3 amide bonds. The van der Waals surface area contributed by atoms with Crippen LogP contribution in [-0.4, -0.2) is 66.0 Å². The number of nitrogens with zero attached hydrogens (tertiary/aromatic N) is 1. The minimum atomic E-state index is -0.998. The van der Waals surface area contributed by atoms with Gasteiger partial charge in [0.1, 0.15) is 23.7 Å². The molecule has 2 aromatic heterocycles. The van der Waals surface area contributed by atoms with Gasteiger partial charge < -0.3 is 34.9 Å². The van der Waals surface area contributed by atoms with E-state index in [-0.39, 0.29) is 36.4 Å². The third-order valence-corrected chi connectivity index (χ3v) is 6.58. The summed E-state index contributed by atoms with van der Waals surface area (Å²) < 4.78 is 15.4. The Hall–Kier alpha value is -4.35. The number of amides is 3. The predicted octanol–water partition coefficient (Wildman–Crippen LogP) is 1.97. The Morgan fingerprint density at radius 2 is 2.00 bits per heavy atom. The molecule has 0 spiro atoms. The van der Waals surface area contributed by atoms with Crippen LogP contribution in [0.2, 0.25) is 0 Å². The van der Waals surface area contributed by atoms with Crippen LogP contribution in [0.15, 0.2) is 41.1 Å². The summed E-state index contributed by atoms with van der Waals surface area (Å²) in [5.74, 6) is -1.20. The lowest BCUT2D eigenvalue weighted by molar-refractivity contribution is -0.131. The molecule has 1 aromatic carbocycles. The molecule has 0 unspecified atom stereocenters. The van der Waals surface area contributed by atoms with Crippen molar-refractivity contribution in [1.29, 1.82) is 0 Å². The second-order valence-corrected chi connectivity index (χ2v) is 9.93. The van der Waals surface area contributed by atoms with E-state index >= 15 is 0 Å². The van der Waals surface area contributed by atoms with Gasteiger partial charge in [-0.3, -0.25) is 19.2 Å². The van der Waals surface area contributed by atoms with E-state index in [0.29, 0.717) is 25.1 Å². The molecule has 1 saturated heterocycles. The van der Waals surface area contributed by atoms with Crippen LogP contribution in [0.5, 0.6) is 11.6 Å². The summed E-state index contributed by atoms with van der Waals surface area (Å²) in [6, 6.07) is 6.63. The molecule has 3 heterocycles. The highest BCUT2D eigenvalue weighted by Crippen LogP contribution is 2.26. The highest BCUT2D eigenvalue weighted by atomic mass is 16.5. The summed E-state index contributed by atoms with van der Waals surface area (Å²) in [6.45, 7) is 3.99. The van der Waals surface area contributed by atoms with Crippen molar-refractivity contribution in [1.82, 2.24) is 26.1 Å². The van der Waals surface area contributed by atoms with Crippen molar-refractivity contribution in [3.63, 3.8) is 0 Å². The SMILES string of the molecule is COc1cccc2[nH]c(C(=O)N[C@@H](CC(C)C)C(=O)N[C@@H](C[C@@H]3CCNC3=O)C(=O)COc3ccon3)cc12. The summed E-state index contributed by atoms with van der Waals surface area (Å²) in [5, 5.41) is 12.7. The monoisotopic (exact) mass is 539 g/mol. The molecule has 4 N–H and O–H groups in total. The lowest BCUT2D eigenvalue weighted by atomic mass is 9.95. The largest absolute Gasteiger partial charge is 0.496 e. The molecular formula is C27H33N5O7. The summed E-state index contributed by atoms with van der Waals surface area (Å²) in [6.07, 6.45) is 2.31. The van der Waals surface area contributed by atoms with Crippen molar-refractivity contribution in [3.8, 4) is 11.6 Å². The molecule has 12 heteroatoms. The van der Waals surface area contributed by atoms with Crippen LogP contribution < -0.4 is 25.4 Å². The van der Waals surface area contributed by atoms with E-state index in [2.05, 4.69) is 26.1 Å². The van der Waals surface area contributed by atoms with Crippen LogP contribution in [0.25, 0.3) is 10.9 Å². The maximum absolute atomic E-state index is 13.4. The van der Waals surface area contributed by atoms with Gasteiger partial charge in [-0.2, -0.15) is 0 Å². The van der Waals surface area contributed by atoms with Crippen molar-refractivity contribution in [2.75, 3.05) is 20.3 Å². The number of nitrogens with one attached hydrogen (secondary N) is 4. The average Bonchev–Trinajstić information content (AvgIpc) is 3.67. The highest BCUT2D eigenvalue weighted by Gasteiger charge is 2.33. The molecule has 1 fully saturated rings. The molecule has 1 aliphatic heterocycles. The van der Waals surface area contributed by atoms with E-state index in [9.17, 15) is 19.2 Å². The smallest absolute Gasteiger partial charge is 0.268 e. The Morgan fingerprint density at radius 3 is 2.67 bits per heavy atom. The first kappa shape index (κ1) is 27.7. The standard InChI is InChI=1S/C27H33N5O7/c1-15(2)11-20(31-27(36)21-13-17-18(29-21)5-4-6-23(17)37-3)26(35)30-19(12-16-7-9-28-25(16)34)22(33)14-38-24-8-10-39-32-24/h4-6,8,10,13,15-16,19-20,29H,7,9,11-12,14H2,1-3H3,(H,28,34)(H,30,35)(H,31,36)/t16-,19-,20-/m0/s1. The number of aromatic nitrogens is 2. The Labute approximate surface area is 225 Å². The fourth-order valence-corrected chi connectivity index (χ4v) is 4.59. The molecule has 12 nitrogen and oxygen atoms in total. The number of rotatable bonds is 13. The lowest BCUT2D eigenvalue weighted by Crippen LogP contribution is -2.53. The zero-order chi connectivity index (χ0) is 27.9. The van der Waals surface area contributed by atoms with Gasteiger partial charge in [0, 0.05) is 29.4 Å². The van der Waals surface area contributed by atoms with Gasteiger partial charge in [-0.15, -0.1) is 0 Å². The zero-order valence-corrected chi connectivity index (χ0v) is 22.1. The maximum atomic E-state index is 13.4.